The summed E-state index contributed by atoms with van der Waals surface area (Å²) in [4.78, 5) is 14.7. The number of nitrogens with zero attached hydrogens (tertiary/aromatic N) is 2. The van der Waals surface area contributed by atoms with Gasteiger partial charge in [0.25, 0.3) is 0 Å². The molecule has 0 radical (unpaired) electrons. The van der Waals surface area contributed by atoms with Gasteiger partial charge in [0.05, 0.1) is 12.7 Å². The van der Waals surface area contributed by atoms with Gasteiger partial charge >= 0.3 is 0 Å². The number of carbonyl (C=O) groups excluding carboxylic acids is 1. The minimum Gasteiger partial charge on any atom is -0.374 e. The van der Waals surface area contributed by atoms with Crippen LogP contribution in [0, 0.1) is 5.92 Å². The highest BCUT2D eigenvalue weighted by Crippen LogP contribution is 2.20. The molecule has 1 fully saturated rings. The molecule has 5 nitrogen and oxygen atoms in total. The summed E-state index contributed by atoms with van der Waals surface area (Å²) in [6.45, 7) is 8.93. The molecule has 25 heavy (non-hydrogen) atoms. The number of carbonyl (C=O) groups is 1. The Morgan fingerprint density at radius 3 is 3.04 bits per heavy atom. The van der Waals surface area contributed by atoms with E-state index in [4.69, 9.17) is 16.3 Å². The van der Waals surface area contributed by atoms with E-state index in [0.29, 0.717) is 17.5 Å². The van der Waals surface area contributed by atoms with E-state index in [2.05, 4.69) is 24.1 Å². The molecule has 1 atom stereocenters. The predicted octanol–water partition coefficient (Wildman–Crippen LogP) is 2.77. The van der Waals surface area contributed by atoms with Crippen LogP contribution in [0.15, 0.2) is 30.5 Å². The average Bonchev–Trinajstić information content (AvgIpc) is 2.95. The van der Waals surface area contributed by atoms with Crippen molar-refractivity contribution in [2.75, 3.05) is 32.8 Å². The van der Waals surface area contributed by atoms with Crippen molar-refractivity contribution in [1.29, 1.82) is 0 Å². The number of halogens is 1. The Labute approximate surface area is 153 Å². The van der Waals surface area contributed by atoms with Crippen LogP contribution in [0.1, 0.15) is 13.8 Å². The zero-order valence-corrected chi connectivity index (χ0v) is 15.6. The fourth-order valence-corrected chi connectivity index (χ4v) is 3.49. The number of nitrogens with one attached hydrogen (secondary N) is 1. The molecule has 1 N–H and O–H groups in total. The molecular weight excluding hydrogens is 338 g/mol. The van der Waals surface area contributed by atoms with Crippen molar-refractivity contribution in [1.82, 2.24) is 14.8 Å². The third-order valence-electron chi connectivity index (χ3n) is 4.42. The number of hydrogen-bond acceptors (Lipinski definition) is 3. The first kappa shape index (κ1) is 18.2. The zero-order chi connectivity index (χ0) is 17.8. The van der Waals surface area contributed by atoms with Crippen molar-refractivity contribution < 1.29 is 9.53 Å². The molecule has 0 aliphatic carbocycles. The highest BCUT2D eigenvalue weighted by Gasteiger charge is 2.21. The summed E-state index contributed by atoms with van der Waals surface area (Å²) >= 11 is 6.06. The molecule has 2 heterocycles. The van der Waals surface area contributed by atoms with Crippen LogP contribution < -0.4 is 5.32 Å². The fraction of sp³-hybridized carbons (Fsp3) is 0.526. The molecule has 1 aromatic heterocycles. The second-order valence-corrected chi connectivity index (χ2v) is 7.53. The summed E-state index contributed by atoms with van der Waals surface area (Å²) in [6, 6.07) is 7.70. The Kier molecular flexibility index (Phi) is 5.99. The molecule has 1 unspecified atom stereocenters. The zero-order valence-electron chi connectivity index (χ0n) is 14.9. The van der Waals surface area contributed by atoms with E-state index in [9.17, 15) is 4.79 Å². The molecule has 136 valence electrons. The number of hydrogen-bond donors (Lipinski definition) is 1. The SMILES string of the molecule is CC(C)CN1CCOC(CNC(=O)Cn2ccc3ccc(Cl)cc32)C1. The van der Waals surface area contributed by atoms with E-state index in [0.717, 1.165) is 37.1 Å². The first-order chi connectivity index (χ1) is 12.0. The van der Waals surface area contributed by atoms with Gasteiger partial charge in [-0.05, 0) is 29.5 Å². The lowest BCUT2D eigenvalue weighted by Gasteiger charge is -2.33. The van der Waals surface area contributed by atoms with Crippen LogP contribution in [-0.4, -0.2) is 54.3 Å². The minimum atomic E-state index is -0.0120. The highest BCUT2D eigenvalue weighted by atomic mass is 35.5. The van der Waals surface area contributed by atoms with Crippen molar-refractivity contribution in [2.45, 2.75) is 26.5 Å². The summed E-state index contributed by atoms with van der Waals surface area (Å²) in [6.07, 6.45) is 1.98. The van der Waals surface area contributed by atoms with Crippen LogP contribution in [0.4, 0.5) is 0 Å². The first-order valence-electron chi connectivity index (χ1n) is 8.86. The summed E-state index contributed by atoms with van der Waals surface area (Å²) in [5.74, 6) is 0.629. The molecule has 1 amide bonds. The number of ether oxygens (including phenoxy) is 1. The minimum absolute atomic E-state index is 0.0120. The Balaban J connectivity index is 1.51. The van der Waals surface area contributed by atoms with E-state index >= 15 is 0 Å². The molecule has 0 saturated carbocycles. The van der Waals surface area contributed by atoms with Crippen LogP contribution >= 0.6 is 11.6 Å². The van der Waals surface area contributed by atoms with Crippen molar-refractivity contribution in [2.24, 2.45) is 5.92 Å². The molecule has 1 aliphatic rings. The lowest BCUT2D eigenvalue weighted by atomic mass is 10.2. The predicted molar refractivity (Wildman–Crippen MR) is 101 cm³/mol. The Bertz CT molecular complexity index is 729. The topological polar surface area (TPSA) is 46.5 Å². The first-order valence-corrected chi connectivity index (χ1v) is 9.24. The van der Waals surface area contributed by atoms with Gasteiger partial charge in [0.15, 0.2) is 0 Å². The maximum absolute atomic E-state index is 12.3. The van der Waals surface area contributed by atoms with Crippen molar-refractivity contribution in [3.8, 4) is 0 Å². The van der Waals surface area contributed by atoms with E-state index in [-0.39, 0.29) is 18.6 Å². The number of aromatic nitrogens is 1. The van der Waals surface area contributed by atoms with Gasteiger partial charge in [-0.3, -0.25) is 9.69 Å². The van der Waals surface area contributed by atoms with Gasteiger partial charge in [-0.1, -0.05) is 31.5 Å². The van der Waals surface area contributed by atoms with E-state index < -0.39 is 0 Å². The van der Waals surface area contributed by atoms with E-state index in [1.165, 1.54) is 0 Å². The standard InChI is InChI=1S/C19H26ClN3O2/c1-14(2)11-22-7-8-25-17(12-22)10-21-19(24)13-23-6-5-15-3-4-16(20)9-18(15)23/h3-6,9,14,17H,7-8,10-13H2,1-2H3,(H,21,24). The summed E-state index contributed by atoms with van der Waals surface area (Å²) < 4.78 is 7.70. The number of fused-ring (bicyclic) bond motifs is 1. The molecule has 2 aromatic rings. The van der Waals surface area contributed by atoms with E-state index in [1.807, 2.05) is 35.0 Å². The second kappa shape index (κ2) is 8.21. The average molecular weight is 364 g/mol. The van der Waals surface area contributed by atoms with Crippen LogP contribution in [0.3, 0.4) is 0 Å². The van der Waals surface area contributed by atoms with Crippen LogP contribution in [-0.2, 0) is 16.1 Å². The molecular formula is C19H26ClN3O2. The molecule has 3 rings (SSSR count). The van der Waals surface area contributed by atoms with Crippen molar-refractivity contribution in [3.05, 3.63) is 35.5 Å². The number of amides is 1. The molecule has 1 saturated heterocycles. The third kappa shape index (κ3) is 4.97. The van der Waals surface area contributed by atoms with Crippen LogP contribution in [0.25, 0.3) is 10.9 Å². The van der Waals surface area contributed by atoms with E-state index in [1.54, 1.807) is 0 Å². The van der Waals surface area contributed by atoms with Gasteiger partial charge < -0.3 is 14.6 Å². The number of morpholine rings is 1. The number of benzene rings is 1. The monoisotopic (exact) mass is 363 g/mol. The molecule has 0 spiro atoms. The lowest BCUT2D eigenvalue weighted by molar-refractivity contribution is -0.122. The van der Waals surface area contributed by atoms with Gasteiger partial charge in [-0.15, -0.1) is 0 Å². The van der Waals surface area contributed by atoms with Gasteiger partial charge in [0.2, 0.25) is 5.91 Å². The maximum atomic E-state index is 12.3. The molecule has 1 aliphatic heterocycles. The normalized spacial score (nSPS) is 18.8. The molecule has 0 bridgehead atoms. The quantitative estimate of drug-likeness (QED) is 0.858. The smallest absolute Gasteiger partial charge is 0.240 e. The van der Waals surface area contributed by atoms with Crippen molar-refractivity contribution >= 4 is 28.4 Å². The van der Waals surface area contributed by atoms with Crippen LogP contribution in [0.2, 0.25) is 5.02 Å². The maximum Gasteiger partial charge on any atom is 0.240 e. The molecule has 6 heteroatoms. The van der Waals surface area contributed by atoms with Crippen molar-refractivity contribution in [3.63, 3.8) is 0 Å². The second-order valence-electron chi connectivity index (χ2n) is 7.10. The largest absolute Gasteiger partial charge is 0.374 e. The van der Waals surface area contributed by atoms with Crippen LogP contribution in [0.5, 0.6) is 0 Å². The Morgan fingerprint density at radius 1 is 1.40 bits per heavy atom. The highest BCUT2D eigenvalue weighted by molar-refractivity contribution is 6.31. The summed E-state index contributed by atoms with van der Waals surface area (Å²) in [5, 5.41) is 4.75. The lowest BCUT2D eigenvalue weighted by Crippen LogP contribution is -2.48. The number of rotatable bonds is 6. The Morgan fingerprint density at radius 2 is 2.24 bits per heavy atom. The summed E-state index contributed by atoms with van der Waals surface area (Å²) in [5.41, 5.74) is 0.972. The third-order valence-corrected chi connectivity index (χ3v) is 4.66. The summed E-state index contributed by atoms with van der Waals surface area (Å²) in [7, 11) is 0. The van der Waals surface area contributed by atoms with Gasteiger partial charge in [-0.2, -0.15) is 0 Å². The Hall–Kier alpha value is -1.56. The van der Waals surface area contributed by atoms with Gasteiger partial charge in [0, 0.05) is 42.9 Å². The fourth-order valence-electron chi connectivity index (χ4n) is 3.32. The van der Waals surface area contributed by atoms with Gasteiger partial charge in [0.1, 0.15) is 6.54 Å². The van der Waals surface area contributed by atoms with Gasteiger partial charge in [-0.25, -0.2) is 0 Å². The molecule has 1 aromatic carbocycles.